The van der Waals surface area contributed by atoms with Gasteiger partial charge in [0, 0.05) is 18.7 Å². The van der Waals surface area contributed by atoms with Crippen LogP contribution in [0.5, 0.6) is 0 Å². The minimum Gasteiger partial charge on any atom is -0.326 e. The lowest BCUT2D eigenvalue weighted by atomic mass is 10.1. The Labute approximate surface area is 124 Å². The van der Waals surface area contributed by atoms with Crippen molar-refractivity contribution in [3.63, 3.8) is 0 Å². The lowest BCUT2D eigenvalue weighted by Crippen LogP contribution is -2.21. The maximum absolute atomic E-state index is 11.1. The summed E-state index contributed by atoms with van der Waals surface area (Å²) in [6.07, 6.45) is 1.04. The molecule has 4 heteroatoms. The zero-order valence-electron chi connectivity index (χ0n) is 11.8. The minimum absolute atomic E-state index is 0.0415. The van der Waals surface area contributed by atoms with Crippen molar-refractivity contribution in [2.75, 3.05) is 11.9 Å². The molecule has 1 amide bonds. The number of carbonyl (C=O) groups is 1. The van der Waals surface area contributed by atoms with Crippen molar-refractivity contribution >= 4 is 22.9 Å². The molecule has 2 rings (SSSR count). The monoisotopic (exact) mass is 288 g/mol. The highest BCUT2D eigenvalue weighted by atomic mass is 32.1. The number of carbonyl (C=O) groups excluding carboxylic acids is 1. The Morgan fingerprint density at radius 3 is 2.90 bits per heavy atom. The molecular weight excluding hydrogens is 268 g/mol. The summed E-state index contributed by atoms with van der Waals surface area (Å²) >= 11 is 1.73. The maximum Gasteiger partial charge on any atom is 0.221 e. The molecule has 0 fully saturated rings. The second kappa shape index (κ2) is 7.22. The Morgan fingerprint density at radius 2 is 2.20 bits per heavy atom. The Morgan fingerprint density at radius 1 is 1.35 bits per heavy atom. The van der Waals surface area contributed by atoms with Crippen LogP contribution in [0.1, 0.15) is 31.0 Å². The number of amides is 1. The molecule has 0 spiro atoms. The van der Waals surface area contributed by atoms with Crippen molar-refractivity contribution in [3.8, 4) is 0 Å². The van der Waals surface area contributed by atoms with E-state index in [1.807, 2.05) is 18.2 Å². The quantitative estimate of drug-likeness (QED) is 0.852. The Balaban J connectivity index is 1.88. The van der Waals surface area contributed by atoms with E-state index >= 15 is 0 Å². The predicted octanol–water partition coefficient (Wildman–Crippen LogP) is 3.60. The number of nitrogens with one attached hydrogen (secondary N) is 2. The van der Waals surface area contributed by atoms with Crippen molar-refractivity contribution in [3.05, 3.63) is 52.2 Å². The van der Waals surface area contributed by atoms with E-state index in [1.165, 1.54) is 18.1 Å². The molecule has 106 valence electrons. The summed E-state index contributed by atoms with van der Waals surface area (Å²) in [6, 6.07) is 10.4. The van der Waals surface area contributed by atoms with Crippen molar-refractivity contribution in [1.29, 1.82) is 0 Å². The SMILES string of the molecule is CC(=O)Nc1cccc(C(C)NCCc2ccsc2)c1. The fourth-order valence-electron chi connectivity index (χ4n) is 2.07. The van der Waals surface area contributed by atoms with Gasteiger partial charge in [0.2, 0.25) is 5.91 Å². The first-order chi connectivity index (χ1) is 9.65. The van der Waals surface area contributed by atoms with Crippen molar-refractivity contribution in [2.24, 2.45) is 0 Å². The van der Waals surface area contributed by atoms with Gasteiger partial charge in [0.15, 0.2) is 0 Å². The molecule has 1 heterocycles. The maximum atomic E-state index is 11.1. The van der Waals surface area contributed by atoms with E-state index in [4.69, 9.17) is 0 Å². The van der Waals surface area contributed by atoms with E-state index < -0.39 is 0 Å². The number of hydrogen-bond donors (Lipinski definition) is 2. The van der Waals surface area contributed by atoms with Crippen LogP contribution in [0.15, 0.2) is 41.1 Å². The lowest BCUT2D eigenvalue weighted by Gasteiger charge is -2.15. The average molecular weight is 288 g/mol. The molecule has 1 aromatic heterocycles. The van der Waals surface area contributed by atoms with E-state index in [-0.39, 0.29) is 11.9 Å². The molecule has 0 bridgehead atoms. The third-order valence-corrected chi connectivity index (χ3v) is 3.88. The van der Waals surface area contributed by atoms with Crippen LogP contribution in [-0.2, 0) is 11.2 Å². The second-order valence-electron chi connectivity index (χ2n) is 4.86. The van der Waals surface area contributed by atoms with Gasteiger partial charge in [-0.15, -0.1) is 0 Å². The normalized spacial score (nSPS) is 12.1. The number of hydrogen-bond acceptors (Lipinski definition) is 3. The molecule has 0 saturated carbocycles. The second-order valence-corrected chi connectivity index (χ2v) is 5.64. The van der Waals surface area contributed by atoms with Gasteiger partial charge in [-0.25, -0.2) is 0 Å². The number of benzene rings is 1. The first kappa shape index (κ1) is 14.8. The third kappa shape index (κ3) is 4.47. The topological polar surface area (TPSA) is 41.1 Å². The van der Waals surface area contributed by atoms with Crippen LogP contribution in [-0.4, -0.2) is 12.5 Å². The Bertz CT molecular complexity index is 551. The van der Waals surface area contributed by atoms with Gasteiger partial charge in [0.05, 0.1) is 0 Å². The molecule has 0 aliphatic carbocycles. The lowest BCUT2D eigenvalue weighted by molar-refractivity contribution is -0.114. The number of rotatable bonds is 6. The van der Waals surface area contributed by atoms with Crippen LogP contribution >= 0.6 is 11.3 Å². The fraction of sp³-hybridized carbons (Fsp3) is 0.312. The average Bonchev–Trinajstić information content (AvgIpc) is 2.91. The minimum atomic E-state index is -0.0415. The van der Waals surface area contributed by atoms with Crippen molar-refractivity contribution < 1.29 is 4.79 Å². The molecule has 1 aromatic carbocycles. The first-order valence-corrected chi connectivity index (χ1v) is 7.71. The highest BCUT2D eigenvalue weighted by Crippen LogP contribution is 2.17. The molecule has 20 heavy (non-hydrogen) atoms. The summed E-state index contributed by atoms with van der Waals surface area (Å²) in [5.74, 6) is -0.0415. The van der Waals surface area contributed by atoms with Gasteiger partial charge in [-0.2, -0.15) is 11.3 Å². The van der Waals surface area contributed by atoms with E-state index in [0.29, 0.717) is 0 Å². The van der Waals surface area contributed by atoms with Gasteiger partial charge in [-0.05, 0) is 60.0 Å². The van der Waals surface area contributed by atoms with E-state index in [0.717, 1.165) is 18.7 Å². The molecule has 2 N–H and O–H groups in total. The Kier molecular flexibility index (Phi) is 5.32. The zero-order chi connectivity index (χ0) is 14.4. The van der Waals surface area contributed by atoms with Crippen LogP contribution in [0.3, 0.4) is 0 Å². The smallest absolute Gasteiger partial charge is 0.221 e. The summed E-state index contributed by atoms with van der Waals surface area (Å²) < 4.78 is 0. The first-order valence-electron chi connectivity index (χ1n) is 6.77. The molecular formula is C16H20N2OS. The van der Waals surface area contributed by atoms with Gasteiger partial charge in [-0.3, -0.25) is 4.79 Å². The molecule has 0 aliphatic rings. The van der Waals surface area contributed by atoms with Gasteiger partial charge in [0.25, 0.3) is 0 Å². The summed E-state index contributed by atoms with van der Waals surface area (Å²) in [5, 5.41) is 10.6. The van der Waals surface area contributed by atoms with E-state index in [9.17, 15) is 4.79 Å². The fourth-order valence-corrected chi connectivity index (χ4v) is 2.78. The highest BCUT2D eigenvalue weighted by Gasteiger charge is 2.06. The molecule has 0 saturated heterocycles. The van der Waals surface area contributed by atoms with Crippen LogP contribution in [0.2, 0.25) is 0 Å². The number of thiophene rings is 1. The Hall–Kier alpha value is -1.65. The largest absolute Gasteiger partial charge is 0.326 e. The van der Waals surface area contributed by atoms with Gasteiger partial charge in [0.1, 0.15) is 0 Å². The molecule has 3 nitrogen and oxygen atoms in total. The molecule has 1 unspecified atom stereocenters. The van der Waals surface area contributed by atoms with Crippen molar-refractivity contribution in [2.45, 2.75) is 26.3 Å². The summed E-state index contributed by atoms with van der Waals surface area (Å²) in [5.41, 5.74) is 3.41. The summed E-state index contributed by atoms with van der Waals surface area (Å²) in [7, 11) is 0. The van der Waals surface area contributed by atoms with Gasteiger partial charge < -0.3 is 10.6 Å². The van der Waals surface area contributed by atoms with E-state index in [1.54, 1.807) is 11.3 Å². The summed E-state index contributed by atoms with van der Waals surface area (Å²) in [4.78, 5) is 11.1. The van der Waals surface area contributed by atoms with Crippen LogP contribution in [0, 0.1) is 0 Å². The molecule has 1 atom stereocenters. The molecule has 0 radical (unpaired) electrons. The van der Waals surface area contributed by atoms with Crippen LogP contribution < -0.4 is 10.6 Å². The standard InChI is InChI=1S/C16H20N2OS/c1-12(17-8-6-14-7-9-20-11-14)15-4-3-5-16(10-15)18-13(2)19/h3-5,7,9-12,17H,6,8H2,1-2H3,(H,18,19). The number of anilines is 1. The highest BCUT2D eigenvalue weighted by molar-refractivity contribution is 7.07. The molecule has 0 aliphatic heterocycles. The summed E-state index contributed by atoms with van der Waals surface area (Å²) in [6.45, 7) is 4.61. The van der Waals surface area contributed by atoms with Crippen LogP contribution in [0.4, 0.5) is 5.69 Å². The van der Waals surface area contributed by atoms with E-state index in [2.05, 4.69) is 40.5 Å². The predicted molar refractivity (Wildman–Crippen MR) is 85.2 cm³/mol. The van der Waals surface area contributed by atoms with Crippen LogP contribution in [0.25, 0.3) is 0 Å². The third-order valence-electron chi connectivity index (χ3n) is 3.15. The zero-order valence-corrected chi connectivity index (χ0v) is 12.7. The van der Waals surface area contributed by atoms with Crippen molar-refractivity contribution in [1.82, 2.24) is 5.32 Å². The molecule has 2 aromatic rings. The van der Waals surface area contributed by atoms with Gasteiger partial charge in [-0.1, -0.05) is 12.1 Å². The van der Waals surface area contributed by atoms with Gasteiger partial charge >= 0.3 is 0 Å².